The number of pyridine rings is 1. The van der Waals surface area contributed by atoms with Crippen molar-refractivity contribution in [2.24, 2.45) is 10.9 Å². The molecule has 38 heavy (non-hydrogen) atoms. The van der Waals surface area contributed by atoms with Crippen molar-refractivity contribution in [3.63, 3.8) is 0 Å². The highest BCUT2D eigenvalue weighted by atomic mass is 32.2. The van der Waals surface area contributed by atoms with Crippen LogP contribution < -0.4 is 21.4 Å². The van der Waals surface area contributed by atoms with Crippen LogP contribution in [-0.4, -0.2) is 83.6 Å². The fourth-order valence-electron chi connectivity index (χ4n) is 3.63. The van der Waals surface area contributed by atoms with Crippen molar-refractivity contribution in [3.8, 4) is 0 Å². The van der Waals surface area contributed by atoms with E-state index in [2.05, 4.69) is 24.7 Å². The highest BCUT2D eigenvalue weighted by Crippen LogP contribution is 2.40. The summed E-state index contributed by atoms with van der Waals surface area (Å²) in [6.45, 7) is -0.709. The maximum absolute atomic E-state index is 13.0. The lowest BCUT2D eigenvalue weighted by Gasteiger charge is -2.49. The molecule has 7 N–H and O–H groups in total. The highest BCUT2D eigenvalue weighted by Gasteiger charge is 2.54. The number of aliphatic carboxylic acids is 2. The van der Waals surface area contributed by atoms with Gasteiger partial charge in [0.05, 0.1) is 5.56 Å². The lowest BCUT2D eigenvalue weighted by Crippen LogP contribution is -2.71. The van der Waals surface area contributed by atoms with Crippen LogP contribution in [0.2, 0.25) is 0 Å². The first-order chi connectivity index (χ1) is 18.1. The van der Waals surface area contributed by atoms with Gasteiger partial charge in [-0.25, -0.2) is 14.2 Å². The minimum Gasteiger partial charge on any atom is -0.479 e. The van der Waals surface area contributed by atoms with Crippen molar-refractivity contribution >= 4 is 63.8 Å². The number of carbonyl (C=O) groups excluding carboxylic acids is 3. The molecule has 0 spiro atoms. The molecule has 18 heteroatoms. The summed E-state index contributed by atoms with van der Waals surface area (Å²) in [6, 6.07) is 1.88. The third kappa shape index (κ3) is 5.39. The van der Waals surface area contributed by atoms with Gasteiger partial charge in [-0.2, -0.15) is 9.36 Å². The number of aromatic nitrogens is 3. The van der Waals surface area contributed by atoms with Crippen molar-refractivity contribution in [1.29, 1.82) is 0 Å². The number of thioether (sulfide) groups is 1. The molecule has 0 radical (unpaired) electrons. The fraction of sp³-hybridized carbons (Fsp3) is 0.250. The van der Waals surface area contributed by atoms with Crippen LogP contribution in [-0.2, 0) is 30.6 Å². The molecular weight excluding hydrogens is 544 g/mol. The quantitative estimate of drug-likeness (QED) is 0.0891. The number of hydrogen-bond donors (Lipinski definition) is 5. The zero-order chi connectivity index (χ0) is 27.6. The van der Waals surface area contributed by atoms with Gasteiger partial charge in [0.1, 0.15) is 17.1 Å². The number of nitrogens with one attached hydrogen (secondary N) is 1. The molecule has 2 atom stereocenters. The van der Waals surface area contributed by atoms with Gasteiger partial charge in [0.2, 0.25) is 24.1 Å². The van der Waals surface area contributed by atoms with Crippen LogP contribution in [0.4, 0.5) is 5.13 Å². The zero-order valence-electron chi connectivity index (χ0n) is 19.1. The van der Waals surface area contributed by atoms with Gasteiger partial charge in [-0.05, 0) is 0 Å². The number of nitrogens with zero attached hydrogens (tertiary/aromatic N) is 5. The number of oxime groups is 1. The van der Waals surface area contributed by atoms with Gasteiger partial charge in [0.15, 0.2) is 24.1 Å². The molecule has 4 heterocycles. The molecule has 3 amide bonds. The van der Waals surface area contributed by atoms with Crippen LogP contribution in [0, 0.1) is 0 Å². The molecule has 16 nitrogen and oxygen atoms in total. The molecule has 2 aliphatic heterocycles. The van der Waals surface area contributed by atoms with Gasteiger partial charge in [0, 0.05) is 35.0 Å². The van der Waals surface area contributed by atoms with Crippen LogP contribution in [0.1, 0.15) is 16.2 Å². The van der Waals surface area contributed by atoms with E-state index < -0.39 is 53.4 Å². The molecule has 1 unspecified atom stereocenters. The summed E-state index contributed by atoms with van der Waals surface area (Å²) < 4.78 is 5.50. The fourth-order valence-corrected chi connectivity index (χ4v) is 5.40. The first-order valence-electron chi connectivity index (χ1n) is 10.6. The van der Waals surface area contributed by atoms with Crippen LogP contribution in [0.15, 0.2) is 41.0 Å². The third-order valence-corrected chi connectivity index (χ3v) is 7.18. The summed E-state index contributed by atoms with van der Waals surface area (Å²) in [6.07, 6.45) is 3.13. The lowest BCUT2D eigenvalue weighted by molar-refractivity contribution is -0.689. The van der Waals surface area contributed by atoms with Crippen LogP contribution in [0.25, 0.3) is 0 Å². The predicted octanol–water partition coefficient (Wildman–Crippen LogP) is -2.25. The molecule has 0 bridgehead atoms. The number of hydrogen-bond acceptors (Lipinski definition) is 12. The molecule has 4 rings (SSSR count). The average Bonchev–Trinajstić information content (AvgIpc) is 3.30. The normalized spacial score (nSPS) is 18.9. The van der Waals surface area contributed by atoms with Crippen molar-refractivity contribution in [2.75, 3.05) is 18.1 Å². The maximum Gasteiger partial charge on any atom is 0.352 e. The second-order valence-corrected chi connectivity index (χ2v) is 9.69. The number of fused-ring (bicyclic) bond motifs is 1. The van der Waals surface area contributed by atoms with Gasteiger partial charge in [0.25, 0.3) is 11.8 Å². The minimum atomic E-state index is -1.34. The molecule has 0 aliphatic carbocycles. The molecule has 1 saturated heterocycles. The van der Waals surface area contributed by atoms with E-state index in [9.17, 15) is 29.1 Å². The summed E-state index contributed by atoms with van der Waals surface area (Å²) >= 11 is 2.00. The summed E-state index contributed by atoms with van der Waals surface area (Å²) in [4.78, 5) is 69.6. The Morgan fingerprint density at radius 2 is 1.97 bits per heavy atom. The number of anilines is 1. The summed E-state index contributed by atoms with van der Waals surface area (Å²) in [5, 5.41) is 23.8. The van der Waals surface area contributed by atoms with Crippen molar-refractivity contribution < 1.29 is 43.6 Å². The lowest BCUT2D eigenvalue weighted by atomic mass is 10.0. The number of carboxylic acids is 2. The maximum atomic E-state index is 13.0. The Morgan fingerprint density at radius 3 is 2.55 bits per heavy atom. The Morgan fingerprint density at radius 1 is 1.26 bits per heavy atom. The third-order valence-electron chi connectivity index (χ3n) is 5.30. The SMILES string of the molecule is NC(=O)c1cc[n+](CC2=C(C(=O)O)N3C(=O)C(NC(=O)/C(=N\OCC(=O)O)c4nsc(N)n4)[C@H]3SC2)cc1. The van der Waals surface area contributed by atoms with E-state index in [1.807, 2.05) is 0 Å². The van der Waals surface area contributed by atoms with E-state index in [4.69, 9.17) is 16.6 Å². The average molecular weight is 564 g/mol. The number of carboxylic acid groups (broad SMARTS) is 2. The van der Waals surface area contributed by atoms with Gasteiger partial charge >= 0.3 is 11.9 Å². The summed E-state index contributed by atoms with van der Waals surface area (Å²) in [5.41, 5.74) is 10.8. The van der Waals surface area contributed by atoms with Crippen LogP contribution in [0.5, 0.6) is 0 Å². The first-order valence-corrected chi connectivity index (χ1v) is 12.4. The Hall–Kier alpha value is -4.58. The second kappa shape index (κ2) is 10.8. The number of nitrogens with two attached hydrogens (primary N) is 2. The van der Waals surface area contributed by atoms with E-state index in [-0.39, 0.29) is 34.5 Å². The van der Waals surface area contributed by atoms with Gasteiger partial charge in [-0.3, -0.25) is 19.3 Å². The zero-order valence-corrected chi connectivity index (χ0v) is 20.8. The molecule has 2 aromatic heterocycles. The van der Waals surface area contributed by atoms with Gasteiger partial charge < -0.3 is 31.8 Å². The molecule has 2 aliphatic rings. The van der Waals surface area contributed by atoms with E-state index in [1.54, 1.807) is 17.0 Å². The van der Waals surface area contributed by atoms with E-state index in [0.717, 1.165) is 16.4 Å². The molecule has 2 aromatic rings. The van der Waals surface area contributed by atoms with Crippen LogP contribution in [0.3, 0.4) is 0 Å². The van der Waals surface area contributed by atoms with E-state index >= 15 is 0 Å². The number of carbonyl (C=O) groups is 5. The smallest absolute Gasteiger partial charge is 0.352 e. The summed E-state index contributed by atoms with van der Waals surface area (Å²) in [7, 11) is 0. The Balaban J connectivity index is 1.52. The Labute approximate surface area is 221 Å². The topological polar surface area (TPSA) is 244 Å². The standard InChI is InChI=1S/C20H18N8O8S2/c21-14(31)8-1-3-27(4-2-8)5-9-7-37-18-12(17(33)28(18)13(9)19(34)35)23-16(32)11(25-36-6-10(29)30)15-24-20(22)38-26-15/h1-4,12,18H,5-7H2,(H6-,21,22,23,24,26,29,30,31,32,34,35)/p+1/b25-11-/t12?,18-/m1/s1. The Kier molecular flexibility index (Phi) is 7.53. The molecule has 198 valence electrons. The largest absolute Gasteiger partial charge is 0.479 e. The molecule has 0 saturated carbocycles. The molecule has 0 aromatic carbocycles. The van der Waals surface area contributed by atoms with E-state index in [1.165, 1.54) is 23.9 Å². The molecule has 1 fully saturated rings. The molecular formula is C20H19N8O8S2+. The first kappa shape index (κ1) is 26.5. The number of nitrogen functional groups attached to an aromatic ring is 1. The van der Waals surface area contributed by atoms with E-state index in [0.29, 0.717) is 5.57 Å². The number of β-lactam (4-membered cyclic amide) rings is 1. The summed E-state index contributed by atoms with van der Waals surface area (Å²) in [5.74, 6) is -4.87. The predicted molar refractivity (Wildman–Crippen MR) is 129 cm³/mol. The van der Waals surface area contributed by atoms with Gasteiger partial charge in [-0.15, -0.1) is 11.8 Å². The van der Waals surface area contributed by atoms with Crippen LogP contribution >= 0.6 is 23.3 Å². The van der Waals surface area contributed by atoms with Crippen molar-refractivity contribution in [1.82, 2.24) is 19.6 Å². The van der Waals surface area contributed by atoms with Crippen molar-refractivity contribution in [2.45, 2.75) is 18.0 Å². The van der Waals surface area contributed by atoms with Gasteiger partial charge in [-0.1, -0.05) is 5.16 Å². The second-order valence-electron chi connectivity index (χ2n) is 7.80. The van der Waals surface area contributed by atoms with Crippen molar-refractivity contribution in [3.05, 3.63) is 47.2 Å². The number of rotatable bonds is 10. The monoisotopic (exact) mass is 563 g/mol. The highest BCUT2D eigenvalue weighted by molar-refractivity contribution is 8.00. The number of primary amides is 1. The minimum absolute atomic E-state index is 0.0124. The Bertz CT molecular complexity index is 1390. The number of amides is 3.